The minimum Gasteiger partial charge on any atom is -0.481 e. The van der Waals surface area contributed by atoms with Gasteiger partial charge in [0.25, 0.3) is 0 Å². The van der Waals surface area contributed by atoms with Crippen molar-refractivity contribution in [3.8, 4) is 0 Å². The second-order valence-electron chi connectivity index (χ2n) is 5.35. The average Bonchev–Trinajstić information content (AvgIpc) is 2.43. The van der Waals surface area contributed by atoms with Crippen molar-refractivity contribution in [2.24, 2.45) is 5.92 Å². The zero-order valence-electron chi connectivity index (χ0n) is 12.6. The molecule has 2 N–H and O–H groups in total. The van der Waals surface area contributed by atoms with Gasteiger partial charge in [-0.15, -0.1) is 12.4 Å². The summed E-state index contributed by atoms with van der Waals surface area (Å²) in [4.78, 5) is 25.1. The number of halogens is 1. The normalized spacial score (nSPS) is 18.4. The summed E-state index contributed by atoms with van der Waals surface area (Å²) in [5.74, 6) is -0.901. The molecule has 0 aliphatic carbocycles. The summed E-state index contributed by atoms with van der Waals surface area (Å²) in [5, 5.41) is 12.0. The summed E-state index contributed by atoms with van der Waals surface area (Å²) in [7, 11) is 0. The fourth-order valence-corrected chi connectivity index (χ4v) is 2.51. The lowest BCUT2D eigenvalue weighted by Gasteiger charge is -2.34. The Bertz CT molecular complexity index is 314. The standard InChI is InChI=1S/C14H26N2O3.ClH/c1-4-12(5-2)15-13(17)10(3)16-8-6-11(7-9-16)14(18)19;/h10-12H,4-9H2,1-3H3,(H,15,17)(H,18,19);1H. The summed E-state index contributed by atoms with van der Waals surface area (Å²) < 4.78 is 0. The number of carboxylic acid groups (broad SMARTS) is 1. The highest BCUT2D eigenvalue weighted by Gasteiger charge is 2.29. The van der Waals surface area contributed by atoms with E-state index in [2.05, 4.69) is 24.1 Å². The Labute approximate surface area is 127 Å². The fourth-order valence-electron chi connectivity index (χ4n) is 2.51. The Morgan fingerprint density at radius 3 is 2.15 bits per heavy atom. The molecule has 1 heterocycles. The molecular weight excluding hydrogens is 280 g/mol. The molecule has 118 valence electrons. The monoisotopic (exact) mass is 306 g/mol. The van der Waals surface area contributed by atoms with E-state index in [4.69, 9.17) is 5.11 Å². The van der Waals surface area contributed by atoms with Gasteiger partial charge in [-0.25, -0.2) is 0 Å². The van der Waals surface area contributed by atoms with Crippen molar-refractivity contribution >= 4 is 24.3 Å². The van der Waals surface area contributed by atoms with Crippen molar-refractivity contribution in [1.29, 1.82) is 0 Å². The van der Waals surface area contributed by atoms with E-state index in [1.807, 2.05) is 6.92 Å². The largest absolute Gasteiger partial charge is 0.481 e. The highest BCUT2D eigenvalue weighted by Crippen LogP contribution is 2.19. The van der Waals surface area contributed by atoms with Gasteiger partial charge < -0.3 is 10.4 Å². The molecule has 1 saturated heterocycles. The molecule has 0 aromatic carbocycles. The Balaban J connectivity index is 0.00000361. The Hall–Kier alpha value is -0.810. The van der Waals surface area contributed by atoms with Crippen LogP contribution in [0.25, 0.3) is 0 Å². The highest BCUT2D eigenvalue weighted by atomic mass is 35.5. The van der Waals surface area contributed by atoms with E-state index in [9.17, 15) is 9.59 Å². The van der Waals surface area contributed by atoms with E-state index in [0.29, 0.717) is 25.9 Å². The van der Waals surface area contributed by atoms with Crippen molar-refractivity contribution in [1.82, 2.24) is 10.2 Å². The molecule has 0 aromatic rings. The van der Waals surface area contributed by atoms with E-state index in [-0.39, 0.29) is 36.3 Å². The predicted molar refractivity (Wildman–Crippen MR) is 81.2 cm³/mol. The number of hydrogen-bond donors (Lipinski definition) is 2. The number of likely N-dealkylation sites (tertiary alicyclic amines) is 1. The van der Waals surface area contributed by atoms with Crippen LogP contribution in [0.1, 0.15) is 46.5 Å². The molecule has 1 fully saturated rings. The molecule has 5 nitrogen and oxygen atoms in total. The van der Waals surface area contributed by atoms with Gasteiger partial charge in [-0.2, -0.15) is 0 Å². The molecule has 0 aromatic heterocycles. The first-order valence-corrected chi connectivity index (χ1v) is 7.26. The van der Waals surface area contributed by atoms with E-state index in [1.54, 1.807) is 0 Å². The van der Waals surface area contributed by atoms with Crippen LogP contribution in [0, 0.1) is 5.92 Å². The van der Waals surface area contributed by atoms with Crippen LogP contribution in [0.15, 0.2) is 0 Å². The van der Waals surface area contributed by atoms with E-state index < -0.39 is 5.97 Å². The smallest absolute Gasteiger partial charge is 0.306 e. The van der Waals surface area contributed by atoms with E-state index in [0.717, 1.165) is 12.8 Å². The van der Waals surface area contributed by atoms with Crippen LogP contribution in [-0.4, -0.2) is 47.1 Å². The lowest BCUT2D eigenvalue weighted by molar-refractivity contribution is -0.143. The Morgan fingerprint density at radius 2 is 1.75 bits per heavy atom. The second kappa shape index (κ2) is 9.19. The lowest BCUT2D eigenvalue weighted by Crippen LogP contribution is -2.50. The van der Waals surface area contributed by atoms with Crippen molar-refractivity contribution in [3.63, 3.8) is 0 Å². The minimum atomic E-state index is -0.714. The molecule has 1 unspecified atom stereocenters. The summed E-state index contributed by atoms with van der Waals surface area (Å²) in [6, 6.07) is 0.0712. The fraction of sp³-hybridized carbons (Fsp3) is 0.857. The van der Waals surface area contributed by atoms with Gasteiger partial charge in [0, 0.05) is 6.04 Å². The Kier molecular flexibility index (Phi) is 8.81. The number of nitrogens with one attached hydrogen (secondary N) is 1. The lowest BCUT2D eigenvalue weighted by atomic mass is 9.96. The topological polar surface area (TPSA) is 69.6 Å². The first-order valence-electron chi connectivity index (χ1n) is 7.26. The SMILES string of the molecule is CCC(CC)NC(=O)C(C)N1CCC(C(=O)O)CC1.Cl. The summed E-state index contributed by atoms with van der Waals surface area (Å²) in [5.41, 5.74) is 0. The highest BCUT2D eigenvalue weighted by molar-refractivity contribution is 5.85. The van der Waals surface area contributed by atoms with Gasteiger partial charge in [0.15, 0.2) is 0 Å². The number of carbonyl (C=O) groups excluding carboxylic acids is 1. The van der Waals surface area contributed by atoms with Crippen LogP contribution in [-0.2, 0) is 9.59 Å². The van der Waals surface area contributed by atoms with Gasteiger partial charge in [-0.1, -0.05) is 13.8 Å². The van der Waals surface area contributed by atoms with Crippen molar-refractivity contribution in [2.75, 3.05) is 13.1 Å². The van der Waals surface area contributed by atoms with Crippen LogP contribution in [0.4, 0.5) is 0 Å². The van der Waals surface area contributed by atoms with Crippen molar-refractivity contribution in [2.45, 2.75) is 58.5 Å². The van der Waals surface area contributed by atoms with Crippen LogP contribution in [0.3, 0.4) is 0 Å². The third-order valence-electron chi connectivity index (χ3n) is 4.14. The Morgan fingerprint density at radius 1 is 1.25 bits per heavy atom. The van der Waals surface area contributed by atoms with Crippen LogP contribution in [0.2, 0.25) is 0 Å². The van der Waals surface area contributed by atoms with E-state index >= 15 is 0 Å². The van der Waals surface area contributed by atoms with Gasteiger partial charge in [0.1, 0.15) is 0 Å². The van der Waals surface area contributed by atoms with Gasteiger partial charge in [0.05, 0.1) is 12.0 Å². The number of hydrogen-bond acceptors (Lipinski definition) is 3. The van der Waals surface area contributed by atoms with Crippen LogP contribution in [0.5, 0.6) is 0 Å². The van der Waals surface area contributed by atoms with Crippen molar-refractivity contribution in [3.05, 3.63) is 0 Å². The molecule has 1 rings (SSSR count). The first-order chi connectivity index (χ1) is 8.99. The van der Waals surface area contributed by atoms with Gasteiger partial charge in [0.2, 0.25) is 5.91 Å². The third kappa shape index (κ3) is 5.29. The number of amides is 1. The predicted octanol–water partition coefficient (Wildman–Crippen LogP) is 1.90. The number of rotatable bonds is 6. The van der Waals surface area contributed by atoms with Gasteiger partial charge in [-0.05, 0) is 45.7 Å². The van der Waals surface area contributed by atoms with Gasteiger partial charge in [-0.3, -0.25) is 14.5 Å². The zero-order valence-corrected chi connectivity index (χ0v) is 13.4. The van der Waals surface area contributed by atoms with E-state index in [1.165, 1.54) is 0 Å². The van der Waals surface area contributed by atoms with Crippen molar-refractivity contribution < 1.29 is 14.7 Å². The number of carboxylic acids is 1. The molecule has 0 radical (unpaired) electrons. The molecule has 0 bridgehead atoms. The molecule has 0 spiro atoms. The molecule has 1 aliphatic heterocycles. The molecular formula is C14H27ClN2O3. The number of nitrogens with zero attached hydrogens (tertiary/aromatic N) is 1. The maximum absolute atomic E-state index is 12.1. The van der Waals surface area contributed by atoms with Crippen LogP contribution >= 0.6 is 12.4 Å². The molecule has 1 amide bonds. The number of aliphatic carboxylic acids is 1. The zero-order chi connectivity index (χ0) is 14.4. The minimum absolute atomic E-state index is 0. The molecule has 1 aliphatic rings. The quantitative estimate of drug-likeness (QED) is 0.786. The molecule has 1 atom stereocenters. The van der Waals surface area contributed by atoms with Gasteiger partial charge >= 0.3 is 5.97 Å². The number of carbonyl (C=O) groups is 2. The van der Waals surface area contributed by atoms with Crippen LogP contribution < -0.4 is 5.32 Å². The summed E-state index contributed by atoms with van der Waals surface area (Å²) >= 11 is 0. The number of piperidine rings is 1. The molecule has 6 heteroatoms. The average molecular weight is 307 g/mol. The third-order valence-corrected chi connectivity index (χ3v) is 4.14. The summed E-state index contributed by atoms with van der Waals surface area (Å²) in [6.07, 6.45) is 3.15. The maximum Gasteiger partial charge on any atom is 0.306 e. The molecule has 20 heavy (non-hydrogen) atoms. The molecule has 0 saturated carbocycles. The first kappa shape index (κ1) is 19.2. The summed E-state index contributed by atoms with van der Waals surface area (Å²) in [6.45, 7) is 7.41. The second-order valence-corrected chi connectivity index (χ2v) is 5.35. The maximum atomic E-state index is 12.1.